The predicted molar refractivity (Wildman–Crippen MR) is 119 cm³/mol. The Balaban J connectivity index is 1.59. The number of nitrogens with one attached hydrogen (secondary N) is 2. The van der Waals surface area contributed by atoms with E-state index in [2.05, 4.69) is 20.7 Å². The van der Waals surface area contributed by atoms with Crippen molar-refractivity contribution in [3.63, 3.8) is 0 Å². The number of rotatable bonds is 7. The van der Waals surface area contributed by atoms with Crippen LogP contribution in [0.5, 0.6) is 5.75 Å². The minimum atomic E-state index is -0.540. The van der Waals surface area contributed by atoms with Gasteiger partial charge in [-0.25, -0.2) is 14.1 Å². The summed E-state index contributed by atoms with van der Waals surface area (Å²) in [7, 11) is 1.52. The third kappa shape index (κ3) is 4.81. The average molecular weight is 451 g/mol. The number of amides is 2. The van der Waals surface area contributed by atoms with E-state index in [1.807, 2.05) is 17.5 Å². The molecule has 32 heavy (non-hydrogen) atoms. The van der Waals surface area contributed by atoms with E-state index in [1.165, 1.54) is 35.2 Å². The molecule has 10 heteroatoms. The first-order valence-corrected chi connectivity index (χ1v) is 10.4. The van der Waals surface area contributed by atoms with Gasteiger partial charge in [0.1, 0.15) is 11.6 Å². The summed E-state index contributed by atoms with van der Waals surface area (Å²) in [6.45, 7) is -0.141. The third-order valence-corrected chi connectivity index (χ3v) is 5.21. The number of carbonyl (C=O) groups is 2. The van der Waals surface area contributed by atoms with E-state index in [0.29, 0.717) is 22.9 Å². The second-order valence-electron chi connectivity index (χ2n) is 6.57. The number of halogens is 1. The van der Waals surface area contributed by atoms with E-state index in [9.17, 15) is 14.0 Å². The highest BCUT2D eigenvalue weighted by molar-refractivity contribution is 7.13. The van der Waals surface area contributed by atoms with Gasteiger partial charge in [0.05, 0.1) is 10.6 Å². The zero-order chi connectivity index (χ0) is 22.5. The first kappa shape index (κ1) is 21.2. The predicted octanol–water partition coefficient (Wildman–Crippen LogP) is 3.51. The van der Waals surface area contributed by atoms with Gasteiger partial charge in [-0.1, -0.05) is 18.2 Å². The normalized spacial score (nSPS) is 10.6. The molecular weight excluding hydrogens is 433 g/mol. The maximum Gasteiger partial charge on any atom is 0.295 e. The van der Waals surface area contributed by atoms with Crippen LogP contribution < -0.4 is 15.4 Å². The fraction of sp³-hybridized carbons (Fsp3) is 0.0909. The van der Waals surface area contributed by atoms with Crippen molar-refractivity contribution in [3.05, 3.63) is 77.7 Å². The summed E-state index contributed by atoms with van der Waals surface area (Å²) in [5.41, 5.74) is 0.897. The molecule has 2 heterocycles. The molecule has 0 unspecified atom stereocenters. The van der Waals surface area contributed by atoms with E-state index in [0.717, 1.165) is 4.88 Å². The lowest BCUT2D eigenvalue weighted by molar-refractivity contribution is -0.122. The van der Waals surface area contributed by atoms with Crippen molar-refractivity contribution >= 4 is 28.8 Å². The van der Waals surface area contributed by atoms with Gasteiger partial charge < -0.3 is 15.4 Å². The number of aromatic nitrogens is 3. The lowest BCUT2D eigenvalue weighted by Gasteiger charge is -2.07. The molecule has 0 aliphatic heterocycles. The number of thiophene rings is 1. The maximum atomic E-state index is 13.8. The van der Waals surface area contributed by atoms with Crippen LogP contribution in [-0.4, -0.2) is 40.2 Å². The quantitative estimate of drug-likeness (QED) is 0.448. The van der Waals surface area contributed by atoms with Gasteiger partial charge in [0.15, 0.2) is 12.4 Å². The lowest BCUT2D eigenvalue weighted by atomic mass is 10.3. The molecule has 0 atom stereocenters. The largest absolute Gasteiger partial charge is 0.484 e. The Morgan fingerprint density at radius 3 is 2.72 bits per heavy atom. The highest BCUT2D eigenvalue weighted by Gasteiger charge is 2.20. The summed E-state index contributed by atoms with van der Waals surface area (Å²) in [5.74, 6) is -0.458. The van der Waals surface area contributed by atoms with Gasteiger partial charge in [-0.05, 0) is 41.8 Å². The van der Waals surface area contributed by atoms with E-state index >= 15 is 0 Å². The molecule has 0 fully saturated rings. The van der Waals surface area contributed by atoms with Crippen LogP contribution in [0, 0.1) is 5.82 Å². The zero-order valence-electron chi connectivity index (χ0n) is 16.9. The van der Waals surface area contributed by atoms with Gasteiger partial charge in [0.2, 0.25) is 5.82 Å². The fourth-order valence-electron chi connectivity index (χ4n) is 2.83. The summed E-state index contributed by atoms with van der Waals surface area (Å²) in [6, 6.07) is 16.2. The maximum absolute atomic E-state index is 13.8. The van der Waals surface area contributed by atoms with Gasteiger partial charge in [0, 0.05) is 18.8 Å². The molecule has 4 rings (SSSR count). The first-order valence-electron chi connectivity index (χ1n) is 9.55. The number of hydrogen-bond acceptors (Lipinski definition) is 6. The highest BCUT2D eigenvalue weighted by Crippen LogP contribution is 2.26. The monoisotopic (exact) mass is 451 g/mol. The smallest absolute Gasteiger partial charge is 0.295 e. The Morgan fingerprint density at radius 1 is 1.12 bits per heavy atom. The van der Waals surface area contributed by atoms with Crippen LogP contribution in [0.4, 0.5) is 10.1 Å². The van der Waals surface area contributed by atoms with Gasteiger partial charge in [-0.2, -0.15) is 0 Å². The number of nitrogens with zero attached hydrogens (tertiary/aromatic N) is 3. The first-order chi connectivity index (χ1) is 15.5. The van der Waals surface area contributed by atoms with Crippen LogP contribution in [0.15, 0.2) is 66.0 Å². The molecule has 0 spiro atoms. The summed E-state index contributed by atoms with van der Waals surface area (Å²) in [4.78, 5) is 29.4. The summed E-state index contributed by atoms with van der Waals surface area (Å²) in [5, 5.41) is 11.4. The Kier molecular flexibility index (Phi) is 6.22. The number of likely N-dealkylation sites (N-methyl/N-ethyl adjacent to an activating group) is 1. The van der Waals surface area contributed by atoms with Crippen LogP contribution in [0.1, 0.15) is 10.6 Å². The SMILES string of the molecule is CNC(=O)COc1cccc(NC(=O)c2nc(-c3cccs3)n(-c3cccc(F)c3)n2)c1. The van der Waals surface area contributed by atoms with Gasteiger partial charge in [-0.15, -0.1) is 16.4 Å². The van der Waals surface area contributed by atoms with E-state index in [4.69, 9.17) is 4.74 Å². The molecule has 4 aromatic rings. The molecule has 162 valence electrons. The molecule has 0 radical (unpaired) electrons. The van der Waals surface area contributed by atoms with Crippen molar-refractivity contribution in [1.82, 2.24) is 20.1 Å². The molecule has 0 aliphatic carbocycles. The van der Waals surface area contributed by atoms with Gasteiger partial charge >= 0.3 is 0 Å². The van der Waals surface area contributed by atoms with Crippen molar-refractivity contribution in [3.8, 4) is 22.1 Å². The second kappa shape index (κ2) is 9.40. The molecule has 0 saturated carbocycles. The molecule has 2 aromatic heterocycles. The molecule has 8 nitrogen and oxygen atoms in total. The van der Waals surface area contributed by atoms with Crippen LogP contribution in [-0.2, 0) is 4.79 Å². The molecule has 2 N–H and O–H groups in total. The Morgan fingerprint density at radius 2 is 1.97 bits per heavy atom. The molecule has 0 bridgehead atoms. The second-order valence-corrected chi connectivity index (χ2v) is 7.52. The number of benzene rings is 2. The number of carbonyl (C=O) groups excluding carboxylic acids is 2. The van der Waals surface area contributed by atoms with E-state index in [-0.39, 0.29) is 18.3 Å². The topological polar surface area (TPSA) is 98.1 Å². The fourth-order valence-corrected chi connectivity index (χ4v) is 3.53. The minimum absolute atomic E-state index is 0.0747. The van der Waals surface area contributed by atoms with Crippen molar-refractivity contribution in [1.29, 1.82) is 0 Å². The van der Waals surface area contributed by atoms with Crippen molar-refractivity contribution in [2.75, 3.05) is 19.0 Å². The summed E-state index contributed by atoms with van der Waals surface area (Å²) < 4.78 is 20.6. The Bertz CT molecular complexity index is 1260. The van der Waals surface area contributed by atoms with Crippen LogP contribution in [0.3, 0.4) is 0 Å². The zero-order valence-corrected chi connectivity index (χ0v) is 17.7. The van der Waals surface area contributed by atoms with Crippen molar-refractivity contribution in [2.24, 2.45) is 0 Å². The Hall–Kier alpha value is -4.05. The van der Waals surface area contributed by atoms with E-state index in [1.54, 1.807) is 36.4 Å². The van der Waals surface area contributed by atoms with Crippen molar-refractivity contribution < 1.29 is 18.7 Å². The summed E-state index contributed by atoms with van der Waals surface area (Å²) >= 11 is 1.43. The standard InChI is InChI=1S/C22H18FN5O3S/c1-24-19(29)13-31-17-8-3-6-15(12-17)25-22(30)20-26-21(18-9-4-10-32-18)28(27-20)16-7-2-5-14(23)11-16/h2-12H,13H2,1H3,(H,24,29)(H,25,30). The number of anilines is 1. The molecule has 0 saturated heterocycles. The molecular formula is C22H18FN5O3S. The van der Waals surface area contributed by atoms with Crippen LogP contribution >= 0.6 is 11.3 Å². The third-order valence-electron chi connectivity index (χ3n) is 4.35. The molecule has 2 aromatic carbocycles. The summed E-state index contributed by atoms with van der Waals surface area (Å²) in [6.07, 6.45) is 0. The highest BCUT2D eigenvalue weighted by atomic mass is 32.1. The van der Waals surface area contributed by atoms with Crippen LogP contribution in [0.2, 0.25) is 0 Å². The van der Waals surface area contributed by atoms with Gasteiger partial charge in [-0.3, -0.25) is 9.59 Å². The average Bonchev–Trinajstić information content (AvgIpc) is 3.47. The Labute approximate surface area is 186 Å². The lowest BCUT2D eigenvalue weighted by Crippen LogP contribution is -2.24. The van der Waals surface area contributed by atoms with Gasteiger partial charge in [0.25, 0.3) is 11.8 Å². The minimum Gasteiger partial charge on any atom is -0.484 e. The van der Waals surface area contributed by atoms with Crippen LogP contribution in [0.25, 0.3) is 16.4 Å². The van der Waals surface area contributed by atoms with E-state index < -0.39 is 11.7 Å². The number of hydrogen-bond donors (Lipinski definition) is 2. The van der Waals surface area contributed by atoms with Crippen molar-refractivity contribution in [2.45, 2.75) is 0 Å². The molecule has 0 aliphatic rings. The molecule has 2 amide bonds. The number of ether oxygens (including phenoxy) is 1.